The van der Waals surface area contributed by atoms with Crippen LogP contribution in [0.25, 0.3) is 0 Å². The van der Waals surface area contributed by atoms with Gasteiger partial charge in [0.1, 0.15) is 0 Å². The number of carbonyl (C=O) groups is 1. The Balaban J connectivity index is 2.41. The molecule has 0 saturated heterocycles. The van der Waals surface area contributed by atoms with Crippen molar-refractivity contribution in [3.63, 3.8) is 0 Å². The summed E-state index contributed by atoms with van der Waals surface area (Å²) in [5, 5.41) is 9.95. The van der Waals surface area contributed by atoms with E-state index in [0.717, 1.165) is 0 Å². The van der Waals surface area contributed by atoms with Crippen LogP contribution in [0.3, 0.4) is 0 Å². The van der Waals surface area contributed by atoms with Crippen LogP contribution in [0.2, 0.25) is 0 Å². The largest absolute Gasteiger partial charge is 0.492 e. The molecule has 2 rings (SSSR count). The predicted octanol–water partition coefficient (Wildman–Crippen LogP) is 1.35. The van der Waals surface area contributed by atoms with Crippen LogP contribution in [-0.2, 0) is 14.2 Å². The highest BCUT2D eigenvalue weighted by molar-refractivity contribution is 6.61. The normalized spacial score (nSPS) is 17.9. The van der Waals surface area contributed by atoms with Gasteiger partial charge >= 0.3 is 13.1 Å². The number of carbonyl (C=O) groups excluding carboxylic acids is 1. The number of hydrogen-bond acceptors (Lipinski definition) is 5. The summed E-state index contributed by atoms with van der Waals surface area (Å²) in [5.74, 6) is -1.67. The second kappa shape index (κ2) is 6.50. The molecule has 0 saturated carbocycles. The van der Waals surface area contributed by atoms with Gasteiger partial charge in [-0.15, -0.1) is 0 Å². The molecule has 5 nitrogen and oxygen atoms in total. The zero-order valence-electron chi connectivity index (χ0n) is 12.8. The molecule has 1 aliphatic heterocycles. The number of rotatable bonds is 5. The first-order chi connectivity index (χ1) is 10.4. The highest BCUT2D eigenvalue weighted by Gasteiger charge is 2.42. The lowest BCUT2D eigenvalue weighted by Gasteiger charge is -2.22. The summed E-state index contributed by atoms with van der Waals surface area (Å²) in [6, 6.07) is 3.01. The van der Waals surface area contributed by atoms with Crippen molar-refractivity contribution in [3.8, 4) is 5.75 Å². The van der Waals surface area contributed by atoms with E-state index in [1.165, 1.54) is 13.2 Å². The molecule has 0 spiro atoms. The van der Waals surface area contributed by atoms with Crippen molar-refractivity contribution in [2.45, 2.75) is 20.0 Å². The van der Waals surface area contributed by atoms with Crippen molar-refractivity contribution in [2.24, 2.45) is 5.92 Å². The molecule has 0 radical (unpaired) electrons. The number of hydrogen-bond donors (Lipinski definition) is 1. The molecule has 0 aliphatic carbocycles. The zero-order valence-corrected chi connectivity index (χ0v) is 12.8. The van der Waals surface area contributed by atoms with Gasteiger partial charge in [-0.05, 0) is 18.5 Å². The molecule has 22 heavy (non-hydrogen) atoms. The predicted molar refractivity (Wildman–Crippen MR) is 79.3 cm³/mol. The molecule has 118 valence electrons. The van der Waals surface area contributed by atoms with Crippen LogP contribution >= 0.6 is 0 Å². The van der Waals surface area contributed by atoms with E-state index in [9.17, 15) is 14.2 Å². The highest BCUT2D eigenvalue weighted by Crippen LogP contribution is 2.38. The van der Waals surface area contributed by atoms with E-state index in [1.807, 2.05) is 0 Å². The first-order valence-corrected chi connectivity index (χ1v) is 6.98. The number of halogens is 1. The number of fused-ring (bicyclic) bond motifs is 1. The summed E-state index contributed by atoms with van der Waals surface area (Å²) in [6.45, 7) is 7.39. The van der Waals surface area contributed by atoms with Crippen molar-refractivity contribution in [1.29, 1.82) is 0 Å². The molecule has 1 N–H and O–H groups in total. The second-order valence-electron chi connectivity index (χ2n) is 5.03. The smallest absolute Gasteiger partial charge is 0.491 e. The first kappa shape index (κ1) is 16.5. The van der Waals surface area contributed by atoms with Crippen molar-refractivity contribution in [2.75, 3.05) is 13.7 Å². The lowest BCUT2D eigenvalue weighted by molar-refractivity contribution is -0.137. The molecule has 0 amide bonds. The molecular formula is C15H18BFO5. The lowest BCUT2D eigenvalue weighted by Crippen LogP contribution is -2.28. The van der Waals surface area contributed by atoms with E-state index in [0.29, 0.717) is 12.1 Å². The SMILES string of the molecule is C=C(C(=O)OC)C(C)C1OB(O)c2ccc(OCC)c(F)c21. The fourth-order valence-corrected chi connectivity index (χ4v) is 2.51. The Hall–Kier alpha value is -1.86. The van der Waals surface area contributed by atoms with Crippen molar-refractivity contribution in [1.82, 2.24) is 0 Å². The molecule has 1 heterocycles. The number of esters is 1. The second-order valence-corrected chi connectivity index (χ2v) is 5.03. The molecule has 2 atom stereocenters. The molecule has 2 unspecified atom stereocenters. The summed E-state index contributed by atoms with van der Waals surface area (Å²) in [7, 11) is -0.00941. The van der Waals surface area contributed by atoms with Crippen LogP contribution in [0.4, 0.5) is 4.39 Å². The maximum absolute atomic E-state index is 14.6. The van der Waals surface area contributed by atoms with Gasteiger partial charge in [-0.25, -0.2) is 9.18 Å². The van der Waals surface area contributed by atoms with Crippen LogP contribution < -0.4 is 10.2 Å². The van der Waals surface area contributed by atoms with Crippen LogP contribution in [0.5, 0.6) is 5.75 Å². The minimum absolute atomic E-state index is 0.0832. The fraction of sp³-hybridized carbons (Fsp3) is 0.400. The Kier molecular flexibility index (Phi) is 4.88. The Morgan fingerprint density at radius 3 is 2.86 bits per heavy atom. The number of ether oxygens (including phenoxy) is 2. The van der Waals surface area contributed by atoms with Crippen LogP contribution in [0.1, 0.15) is 25.5 Å². The molecule has 1 aliphatic rings. The maximum Gasteiger partial charge on any atom is 0.492 e. The highest BCUT2D eigenvalue weighted by atomic mass is 19.1. The molecule has 0 fully saturated rings. The van der Waals surface area contributed by atoms with Gasteiger partial charge in [0.05, 0.1) is 19.8 Å². The summed E-state index contributed by atoms with van der Waals surface area (Å²) in [5.41, 5.74) is 0.667. The third-order valence-corrected chi connectivity index (χ3v) is 3.76. The topological polar surface area (TPSA) is 65.0 Å². The van der Waals surface area contributed by atoms with Gasteiger partial charge in [0.25, 0.3) is 0 Å². The summed E-state index contributed by atoms with van der Waals surface area (Å²) < 4.78 is 29.9. The molecule has 7 heteroatoms. The minimum Gasteiger partial charge on any atom is -0.491 e. The Morgan fingerprint density at radius 2 is 2.27 bits per heavy atom. The van der Waals surface area contributed by atoms with E-state index in [-0.39, 0.29) is 16.9 Å². The van der Waals surface area contributed by atoms with Crippen LogP contribution in [0, 0.1) is 11.7 Å². The van der Waals surface area contributed by atoms with Gasteiger partial charge in [-0.3, -0.25) is 0 Å². The van der Waals surface area contributed by atoms with Gasteiger partial charge in [0, 0.05) is 17.1 Å². The standard InChI is InChI=1S/C15H18BFO5/c1-5-21-11-7-6-10-12(13(11)17)14(22-16(10)19)8(2)9(3)15(18)20-4/h6-8,14,19H,3,5H2,1-2,4H3. The minimum atomic E-state index is -1.25. The summed E-state index contributed by atoms with van der Waals surface area (Å²) in [6.07, 6.45) is -0.836. The lowest BCUT2D eigenvalue weighted by atomic mass is 9.78. The number of benzene rings is 1. The van der Waals surface area contributed by atoms with Crippen molar-refractivity contribution >= 4 is 18.6 Å². The van der Waals surface area contributed by atoms with Crippen molar-refractivity contribution in [3.05, 3.63) is 35.7 Å². The van der Waals surface area contributed by atoms with Crippen LogP contribution in [0.15, 0.2) is 24.3 Å². The van der Waals surface area contributed by atoms with Crippen molar-refractivity contribution < 1.29 is 28.3 Å². The van der Waals surface area contributed by atoms with E-state index in [2.05, 4.69) is 11.3 Å². The van der Waals surface area contributed by atoms with E-state index >= 15 is 0 Å². The van der Waals surface area contributed by atoms with E-state index in [4.69, 9.17) is 9.39 Å². The number of methoxy groups -OCH3 is 1. The summed E-state index contributed by atoms with van der Waals surface area (Å²) in [4.78, 5) is 11.6. The Labute approximate surface area is 128 Å². The zero-order chi connectivity index (χ0) is 16.4. The van der Waals surface area contributed by atoms with E-state index < -0.39 is 30.9 Å². The quantitative estimate of drug-likeness (QED) is 0.505. The monoisotopic (exact) mass is 308 g/mol. The van der Waals surface area contributed by atoms with Gasteiger partial charge in [0.2, 0.25) is 0 Å². The fourth-order valence-electron chi connectivity index (χ4n) is 2.51. The van der Waals surface area contributed by atoms with Gasteiger partial charge < -0.3 is 19.2 Å². The van der Waals surface area contributed by atoms with Gasteiger partial charge in [0.15, 0.2) is 11.6 Å². The Morgan fingerprint density at radius 1 is 1.59 bits per heavy atom. The molecule has 1 aromatic rings. The average molecular weight is 308 g/mol. The third kappa shape index (κ3) is 2.74. The molecular weight excluding hydrogens is 290 g/mol. The third-order valence-electron chi connectivity index (χ3n) is 3.76. The van der Waals surface area contributed by atoms with Crippen LogP contribution in [-0.4, -0.2) is 31.8 Å². The molecule has 1 aromatic carbocycles. The maximum atomic E-state index is 14.6. The Bertz CT molecular complexity index is 604. The summed E-state index contributed by atoms with van der Waals surface area (Å²) >= 11 is 0. The average Bonchev–Trinajstić information content (AvgIpc) is 2.85. The molecule has 0 bridgehead atoms. The van der Waals surface area contributed by atoms with E-state index in [1.54, 1.807) is 19.9 Å². The van der Waals surface area contributed by atoms with Gasteiger partial charge in [-0.2, -0.15) is 0 Å². The first-order valence-electron chi connectivity index (χ1n) is 6.98. The van der Waals surface area contributed by atoms with Gasteiger partial charge in [-0.1, -0.05) is 19.6 Å². The molecule has 0 aromatic heterocycles.